The van der Waals surface area contributed by atoms with Gasteiger partial charge < -0.3 is 15.2 Å². The number of hydrogen-bond donors (Lipinski definition) is 1. The summed E-state index contributed by atoms with van der Waals surface area (Å²) in [6, 6.07) is 3.57. The number of nitrogens with two attached hydrogens (primary N) is 1. The van der Waals surface area contributed by atoms with E-state index in [0.29, 0.717) is 23.6 Å². The molecule has 0 saturated carbocycles. The average molecular weight is 221 g/mol. The predicted octanol–water partition coefficient (Wildman–Crippen LogP) is 1.50. The molecule has 2 rings (SSSR count). The highest BCUT2D eigenvalue weighted by Gasteiger charge is 2.21. The van der Waals surface area contributed by atoms with Crippen molar-refractivity contribution in [1.82, 2.24) is 0 Å². The number of ether oxygens (including phenoxy) is 2. The second-order valence-electron chi connectivity index (χ2n) is 4.02. The van der Waals surface area contributed by atoms with E-state index in [1.165, 1.54) is 0 Å². The highest BCUT2D eigenvalue weighted by atomic mass is 16.7. The minimum atomic E-state index is -0.168. The topological polar surface area (TPSA) is 61.6 Å². The Balaban J connectivity index is 2.38. The lowest BCUT2D eigenvalue weighted by atomic mass is 9.95. The second-order valence-corrected chi connectivity index (χ2v) is 4.02. The zero-order valence-corrected chi connectivity index (χ0v) is 9.45. The fourth-order valence-corrected chi connectivity index (χ4v) is 1.68. The lowest BCUT2D eigenvalue weighted by Crippen LogP contribution is -2.21. The Morgan fingerprint density at radius 3 is 2.69 bits per heavy atom. The smallest absolute Gasteiger partial charge is 0.231 e. The number of aryl methyl sites for hydroxylation is 1. The molecule has 0 aromatic heterocycles. The van der Waals surface area contributed by atoms with Crippen molar-refractivity contribution in [1.29, 1.82) is 0 Å². The quantitative estimate of drug-likeness (QED) is 0.786. The van der Waals surface area contributed by atoms with Gasteiger partial charge in [0.2, 0.25) is 6.79 Å². The van der Waals surface area contributed by atoms with E-state index in [1.54, 1.807) is 6.07 Å². The molecule has 1 heterocycles. The Kier molecular flexibility index (Phi) is 2.83. The van der Waals surface area contributed by atoms with Gasteiger partial charge in [0.15, 0.2) is 17.3 Å². The van der Waals surface area contributed by atoms with Gasteiger partial charge in [0.25, 0.3) is 0 Å². The van der Waals surface area contributed by atoms with Crippen molar-refractivity contribution in [3.8, 4) is 11.5 Å². The van der Waals surface area contributed by atoms with Crippen LogP contribution < -0.4 is 15.2 Å². The van der Waals surface area contributed by atoms with Crippen molar-refractivity contribution in [3.05, 3.63) is 23.3 Å². The number of carbonyl (C=O) groups is 1. The maximum Gasteiger partial charge on any atom is 0.231 e. The van der Waals surface area contributed by atoms with Crippen LogP contribution in [-0.4, -0.2) is 19.1 Å². The van der Waals surface area contributed by atoms with Crippen molar-refractivity contribution in [2.45, 2.75) is 13.8 Å². The van der Waals surface area contributed by atoms with Crippen LogP contribution in [0.3, 0.4) is 0 Å². The molecule has 1 aliphatic heterocycles. The summed E-state index contributed by atoms with van der Waals surface area (Å²) in [5.74, 6) is 1.23. The van der Waals surface area contributed by atoms with Crippen LogP contribution in [0, 0.1) is 12.8 Å². The molecule has 16 heavy (non-hydrogen) atoms. The predicted molar refractivity (Wildman–Crippen MR) is 59.9 cm³/mol. The Morgan fingerprint density at radius 1 is 1.44 bits per heavy atom. The zero-order valence-electron chi connectivity index (χ0n) is 9.45. The van der Waals surface area contributed by atoms with Crippen LogP contribution in [0.5, 0.6) is 11.5 Å². The molecule has 1 aromatic rings. The largest absolute Gasteiger partial charge is 0.454 e. The molecule has 0 spiro atoms. The molecule has 0 saturated heterocycles. The maximum atomic E-state index is 12.0. The van der Waals surface area contributed by atoms with Gasteiger partial charge in [0, 0.05) is 18.0 Å². The van der Waals surface area contributed by atoms with E-state index < -0.39 is 0 Å². The first kappa shape index (κ1) is 11.0. The monoisotopic (exact) mass is 221 g/mol. The van der Waals surface area contributed by atoms with Crippen molar-refractivity contribution in [2.24, 2.45) is 11.7 Å². The zero-order chi connectivity index (χ0) is 11.7. The van der Waals surface area contributed by atoms with Gasteiger partial charge >= 0.3 is 0 Å². The van der Waals surface area contributed by atoms with Crippen LogP contribution in [-0.2, 0) is 0 Å². The van der Waals surface area contributed by atoms with Crippen LogP contribution in [0.15, 0.2) is 12.1 Å². The Morgan fingerprint density at radius 2 is 2.06 bits per heavy atom. The molecule has 4 heteroatoms. The third-order valence-electron chi connectivity index (χ3n) is 2.79. The third-order valence-corrected chi connectivity index (χ3v) is 2.79. The summed E-state index contributed by atoms with van der Waals surface area (Å²) in [5.41, 5.74) is 7.06. The van der Waals surface area contributed by atoms with Gasteiger partial charge in [-0.05, 0) is 24.6 Å². The molecule has 0 fully saturated rings. The fourth-order valence-electron chi connectivity index (χ4n) is 1.68. The molecule has 4 nitrogen and oxygen atoms in total. The van der Waals surface area contributed by atoms with Gasteiger partial charge in [-0.1, -0.05) is 6.92 Å². The molecule has 1 aliphatic rings. The molecule has 0 bridgehead atoms. The lowest BCUT2D eigenvalue weighted by Gasteiger charge is -2.10. The fraction of sp³-hybridized carbons (Fsp3) is 0.417. The standard InChI is InChI=1S/C12H15NO3/c1-7-3-10-11(16-6-15-10)4-9(7)12(14)8(2)5-13/h3-4,8H,5-6,13H2,1-2H3. The molecule has 1 unspecified atom stereocenters. The molecular weight excluding hydrogens is 206 g/mol. The van der Waals surface area contributed by atoms with E-state index in [2.05, 4.69) is 0 Å². The molecule has 1 aromatic carbocycles. The Bertz CT molecular complexity index is 429. The molecule has 1 atom stereocenters. The number of benzene rings is 1. The second kappa shape index (κ2) is 4.14. The molecular formula is C12H15NO3. The molecule has 0 amide bonds. The number of carbonyl (C=O) groups excluding carboxylic acids is 1. The van der Waals surface area contributed by atoms with Gasteiger partial charge in [-0.3, -0.25) is 4.79 Å². The maximum absolute atomic E-state index is 12.0. The van der Waals surface area contributed by atoms with Crippen LogP contribution in [0.2, 0.25) is 0 Å². The minimum Gasteiger partial charge on any atom is -0.454 e. The van der Waals surface area contributed by atoms with E-state index in [0.717, 1.165) is 5.56 Å². The molecule has 2 N–H and O–H groups in total. The Labute approximate surface area is 94.3 Å². The van der Waals surface area contributed by atoms with E-state index in [-0.39, 0.29) is 18.5 Å². The highest BCUT2D eigenvalue weighted by Crippen LogP contribution is 2.35. The van der Waals surface area contributed by atoms with Gasteiger partial charge in [-0.15, -0.1) is 0 Å². The summed E-state index contributed by atoms with van der Waals surface area (Å²) < 4.78 is 10.5. The van der Waals surface area contributed by atoms with Crippen molar-refractivity contribution >= 4 is 5.78 Å². The molecule has 0 aliphatic carbocycles. The first-order valence-electron chi connectivity index (χ1n) is 5.28. The SMILES string of the molecule is Cc1cc2c(cc1C(=O)C(C)CN)OCO2. The minimum absolute atomic E-state index is 0.0540. The number of fused-ring (bicyclic) bond motifs is 1. The number of Topliss-reactive ketones (excluding diaryl/α,β-unsaturated/α-hetero) is 1. The van der Waals surface area contributed by atoms with Crippen LogP contribution in [0.4, 0.5) is 0 Å². The van der Waals surface area contributed by atoms with E-state index in [4.69, 9.17) is 15.2 Å². The summed E-state index contributed by atoms with van der Waals surface area (Å²) in [4.78, 5) is 12.0. The normalized spacial score (nSPS) is 14.9. The van der Waals surface area contributed by atoms with Crippen LogP contribution in [0.25, 0.3) is 0 Å². The highest BCUT2D eigenvalue weighted by molar-refractivity contribution is 5.99. The average Bonchev–Trinajstić information content (AvgIpc) is 2.72. The molecule has 86 valence electrons. The third kappa shape index (κ3) is 1.76. The van der Waals surface area contributed by atoms with Gasteiger partial charge in [0.05, 0.1) is 0 Å². The van der Waals surface area contributed by atoms with Gasteiger partial charge in [0.1, 0.15) is 0 Å². The number of rotatable bonds is 3. The van der Waals surface area contributed by atoms with Gasteiger partial charge in [-0.25, -0.2) is 0 Å². The number of ketones is 1. The van der Waals surface area contributed by atoms with E-state index in [9.17, 15) is 4.79 Å². The summed E-state index contributed by atoms with van der Waals surface area (Å²) >= 11 is 0. The van der Waals surface area contributed by atoms with Gasteiger partial charge in [-0.2, -0.15) is 0 Å². The van der Waals surface area contributed by atoms with E-state index >= 15 is 0 Å². The first-order valence-corrected chi connectivity index (χ1v) is 5.28. The van der Waals surface area contributed by atoms with Crippen LogP contribution >= 0.6 is 0 Å². The first-order chi connectivity index (χ1) is 7.63. The van der Waals surface area contributed by atoms with Crippen LogP contribution in [0.1, 0.15) is 22.8 Å². The summed E-state index contributed by atoms with van der Waals surface area (Å²) in [6.45, 7) is 4.29. The van der Waals surface area contributed by atoms with Crippen molar-refractivity contribution in [2.75, 3.05) is 13.3 Å². The molecule has 0 radical (unpaired) electrons. The van der Waals surface area contributed by atoms with Crippen molar-refractivity contribution < 1.29 is 14.3 Å². The Hall–Kier alpha value is -1.55. The van der Waals surface area contributed by atoms with Crippen molar-refractivity contribution in [3.63, 3.8) is 0 Å². The summed E-state index contributed by atoms with van der Waals surface area (Å²) in [7, 11) is 0. The number of hydrogen-bond acceptors (Lipinski definition) is 4. The summed E-state index contributed by atoms with van der Waals surface area (Å²) in [6.07, 6.45) is 0. The summed E-state index contributed by atoms with van der Waals surface area (Å²) in [5, 5.41) is 0. The van der Waals surface area contributed by atoms with E-state index in [1.807, 2.05) is 19.9 Å². The lowest BCUT2D eigenvalue weighted by molar-refractivity contribution is 0.0933.